The van der Waals surface area contributed by atoms with Gasteiger partial charge in [-0.25, -0.2) is 4.39 Å². The number of aliphatic hydroxyl groups excluding tert-OH is 1. The molecule has 0 spiro atoms. The van der Waals surface area contributed by atoms with Crippen molar-refractivity contribution in [2.45, 2.75) is 11.0 Å². The molecule has 1 aromatic rings. The van der Waals surface area contributed by atoms with Crippen molar-refractivity contribution in [3.05, 3.63) is 30.1 Å². The van der Waals surface area contributed by atoms with Crippen LogP contribution in [-0.4, -0.2) is 22.3 Å². The van der Waals surface area contributed by atoms with Gasteiger partial charge >= 0.3 is 0 Å². The average molecular weight is 265 g/mol. The molecule has 1 nitrogen and oxygen atoms in total. The summed E-state index contributed by atoms with van der Waals surface area (Å²) < 4.78 is 13.0. The maximum absolute atomic E-state index is 13.0. The zero-order valence-electron chi connectivity index (χ0n) is 6.91. The van der Waals surface area contributed by atoms with Crippen LogP contribution < -0.4 is 0 Å². The van der Waals surface area contributed by atoms with Crippen LogP contribution in [0.3, 0.4) is 0 Å². The Hall–Kier alpha value is -0.0600. The van der Waals surface area contributed by atoms with Crippen LogP contribution in [0.25, 0.3) is 0 Å². The first-order chi connectivity index (χ1) is 6.24. The maximum Gasteiger partial charge on any atom is 0.136 e. The van der Waals surface area contributed by atoms with Crippen molar-refractivity contribution in [2.24, 2.45) is 0 Å². The number of aliphatic hydroxyl groups is 1. The monoisotopic (exact) mass is 264 g/mol. The molecule has 0 radical (unpaired) electrons. The Morgan fingerprint density at radius 1 is 1.46 bits per heavy atom. The first-order valence-corrected chi connectivity index (χ1v) is 5.96. The summed E-state index contributed by atoms with van der Waals surface area (Å²) in [4.78, 5) is 0.586. The van der Waals surface area contributed by atoms with Crippen molar-refractivity contribution in [1.82, 2.24) is 0 Å². The van der Waals surface area contributed by atoms with E-state index >= 15 is 0 Å². The van der Waals surface area contributed by atoms with Gasteiger partial charge in [0.25, 0.3) is 0 Å². The molecule has 0 aliphatic heterocycles. The van der Waals surface area contributed by atoms with Gasteiger partial charge in [0.1, 0.15) is 5.82 Å². The minimum atomic E-state index is -0.426. The van der Waals surface area contributed by atoms with Gasteiger partial charge in [-0.3, -0.25) is 0 Å². The summed E-state index contributed by atoms with van der Waals surface area (Å²) >= 11 is 4.47. The average Bonchev–Trinajstić information content (AvgIpc) is 2.16. The van der Waals surface area contributed by atoms with E-state index in [2.05, 4.69) is 15.9 Å². The highest BCUT2D eigenvalue weighted by molar-refractivity contribution is 9.09. The van der Waals surface area contributed by atoms with Crippen LogP contribution in [0.4, 0.5) is 4.39 Å². The number of alkyl halides is 1. The van der Waals surface area contributed by atoms with Crippen molar-refractivity contribution in [1.29, 1.82) is 0 Å². The Bertz CT molecular complexity index is 270. The van der Waals surface area contributed by atoms with E-state index in [1.54, 1.807) is 18.2 Å². The molecule has 0 bridgehead atoms. The quantitative estimate of drug-likeness (QED) is 0.667. The van der Waals surface area contributed by atoms with E-state index in [0.717, 1.165) is 0 Å². The minimum absolute atomic E-state index is 0.228. The van der Waals surface area contributed by atoms with Gasteiger partial charge in [-0.2, -0.15) is 0 Å². The van der Waals surface area contributed by atoms with E-state index in [4.69, 9.17) is 0 Å². The lowest BCUT2D eigenvalue weighted by atomic mass is 10.3. The zero-order valence-corrected chi connectivity index (χ0v) is 9.31. The van der Waals surface area contributed by atoms with E-state index in [9.17, 15) is 9.50 Å². The highest BCUT2D eigenvalue weighted by atomic mass is 79.9. The molecule has 0 saturated heterocycles. The van der Waals surface area contributed by atoms with Crippen molar-refractivity contribution in [2.75, 3.05) is 11.1 Å². The van der Waals surface area contributed by atoms with Crippen molar-refractivity contribution in [3.8, 4) is 0 Å². The third kappa shape index (κ3) is 3.67. The lowest BCUT2D eigenvalue weighted by molar-refractivity contribution is 0.226. The van der Waals surface area contributed by atoms with Crippen LogP contribution >= 0.6 is 27.7 Å². The molecular formula is C9H10BrFOS. The molecule has 0 aliphatic rings. The highest BCUT2D eigenvalue weighted by Gasteiger charge is 2.05. The third-order valence-electron chi connectivity index (χ3n) is 1.45. The van der Waals surface area contributed by atoms with Crippen LogP contribution in [0.5, 0.6) is 0 Å². The largest absolute Gasteiger partial charge is 0.391 e. The normalized spacial score (nSPS) is 12.8. The summed E-state index contributed by atoms with van der Waals surface area (Å²) in [7, 11) is 0. The predicted molar refractivity (Wildman–Crippen MR) is 56.9 cm³/mol. The lowest BCUT2D eigenvalue weighted by Crippen LogP contribution is -2.10. The first kappa shape index (κ1) is 11.0. The number of thioether (sulfide) groups is 1. The molecule has 1 rings (SSSR count). The van der Waals surface area contributed by atoms with E-state index < -0.39 is 6.10 Å². The lowest BCUT2D eigenvalue weighted by Gasteiger charge is -2.06. The van der Waals surface area contributed by atoms with E-state index in [-0.39, 0.29) is 5.82 Å². The standard InChI is InChI=1S/C9H10BrFOS/c10-5-7(12)6-13-9-4-2-1-3-8(9)11/h1-4,7,12H,5-6H2. The molecule has 13 heavy (non-hydrogen) atoms. The van der Waals surface area contributed by atoms with E-state index in [0.29, 0.717) is 16.0 Å². The number of hydrogen-bond donors (Lipinski definition) is 1. The van der Waals surface area contributed by atoms with Crippen LogP contribution in [0.15, 0.2) is 29.2 Å². The second kappa shape index (κ2) is 5.62. The van der Waals surface area contributed by atoms with Gasteiger partial charge in [0, 0.05) is 16.0 Å². The predicted octanol–water partition coefficient (Wildman–Crippen LogP) is 2.67. The van der Waals surface area contributed by atoms with Crippen LogP contribution in [-0.2, 0) is 0 Å². The highest BCUT2D eigenvalue weighted by Crippen LogP contribution is 2.21. The van der Waals surface area contributed by atoms with Gasteiger partial charge in [0.15, 0.2) is 0 Å². The topological polar surface area (TPSA) is 20.2 Å². The molecule has 0 heterocycles. The molecule has 0 aromatic heterocycles. The van der Waals surface area contributed by atoms with Crippen molar-refractivity contribution >= 4 is 27.7 Å². The maximum atomic E-state index is 13.0. The number of rotatable bonds is 4. The van der Waals surface area contributed by atoms with Gasteiger partial charge in [-0.1, -0.05) is 28.1 Å². The molecule has 1 unspecified atom stereocenters. The fraction of sp³-hybridized carbons (Fsp3) is 0.333. The van der Waals surface area contributed by atoms with Gasteiger partial charge < -0.3 is 5.11 Å². The van der Waals surface area contributed by atoms with Crippen LogP contribution in [0.1, 0.15) is 0 Å². The summed E-state index contributed by atoms with van der Waals surface area (Å²) in [6, 6.07) is 6.57. The Kier molecular flexibility index (Phi) is 4.77. The number of benzene rings is 1. The van der Waals surface area contributed by atoms with Crippen LogP contribution in [0, 0.1) is 5.82 Å². The summed E-state index contributed by atoms with van der Waals surface area (Å²) in [6.45, 7) is 0. The molecule has 1 aromatic carbocycles. The van der Waals surface area contributed by atoms with Crippen molar-refractivity contribution in [3.63, 3.8) is 0 Å². The number of hydrogen-bond acceptors (Lipinski definition) is 2. The number of halogens is 2. The molecule has 0 aliphatic carbocycles. The second-order valence-corrected chi connectivity index (χ2v) is 4.26. The summed E-state index contributed by atoms with van der Waals surface area (Å²) in [5, 5.41) is 9.74. The minimum Gasteiger partial charge on any atom is -0.391 e. The van der Waals surface area contributed by atoms with Gasteiger partial charge in [0.2, 0.25) is 0 Å². The zero-order chi connectivity index (χ0) is 9.68. The van der Waals surface area contributed by atoms with E-state index in [1.807, 2.05) is 0 Å². The third-order valence-corrected chi connectivity index (χ3v) is 3.39. The first-order valence-electron chi connectivity index (χ1n) is 3.85. The molecule has 0 fully saturated rings. The summed E-state index contributed by atoms with van der Waals surface area (Å²) in [5.74, 6) is 0.279. The molecule has 1 N–H and O–H groups in total. The SMILES string of the molecule is OC(CBr)CSc1ccccc1F. The molecule has 1 atom stereocenters. The fourth-order valence-corrected chi connectivity index (χ4v) is 2.19. The summed E-state index contributed by atoms with van der Waals surface area (Å²) in [5.41, 5.74) is 0. The molecule has 0 amide bonds. The second-order valence-electron chi connectivity index (χ2n) is 2.55. The smallest absolute Gasteiger partial charge is 0.136 e. The van der Waals surface area contributed by atoms with Gasteiger partial charge in [-0.15, -0.1) is 11.8 Å². The summed E-state index contributed by atoms with van der Waals surface area (Å²) in [6.07, 6.45) is -0.426. The molecule has 72 valence electrons. The van der Waals surface area contributed by atoms with Crippen molar-refractivity contribution < 1.29 is 9.50 Å². The fourth-order valence-electron chi connectivity index (χ4n) is 0.792. The van der Waals surface area contributed by atoms with Gasteiger partial charge in [-0.05, 0) is 12.1 Å². The van der Waals surface area contributed by atoms with Crippen LogP contribution in [0.2, 0.25) is 0 Å². The molecule has 0 saturated carbocycles. The molecular weight excluding hydrogens is 255 g/mol. The Morgan fingerprint density at radius 2 is 2.15 bits per heavy atom. The Labute approximate surface area is 89.5 Å². The molecule has 4 heteroatoms. The Morgan fingerprint density at radius 3 is 2.77 bits per heavy atom. The van der Waals surface area contributed by atoms with E-state index in [1.165, 1.54) is 17.8 Å². The Balaban J connectivity index is 2.50. The van der Waals surface area contributed by atoms with Gasteiger partial charge in [0.05, 0.1) is 6.10 Å².